The molecule has 9 heteroatoms. The number of imidazole rings is 1. The van der Waals surface area contributed by atoms with Gasteiger partial charge in [-0.15, -0.1) is 12.4 Å². The largest absolute Gasteiger partial charge is 0.594 e. The minimum atomic E-state index is -1.15. The topological polar surface area (TPSA) is 97.9 Å². The minimum absolute atomic E-state index is 0. The van der Waals surface area contributed by atoms with E-state index < -0.39 is 5.23 Å². The van der Waals surface area contributed by atoms with Crippen LogP contribution in [-0.4, -0.2) is 52.8 Å². The van der Waals surface area contributed by atoms with E-state index in [4.69, 9.17) is 5.21 Å². The van der Waals surface area contributed by atoms with Crippen LogP contribution in [0.4, 0.5) is 5.82 Å². The minimum Gasteiger partial charge on any atom is -0.594 e. The molecule has 0 saturated carbocycles. The molecule has 104 valence electrons. The Bertz CT molecular complexity index is 394. The maximum absolute atomic E-state index is 11.7. The molecule has 0 saturated heterocycles. The lowest BCUT2D eigenvalue weighted by atomic mass is 10.5. The highest BCUT2D eigenvalue weighted by Gasteiger charge is 2.16. The molecule has 0 aromatic carbocycles. The second kappa shape index (κ2) is 7.29. The molecule has 1 aromatic rings. The molecule has 0 aliphatic heterocycles. The molecule has 1 aromatic heterocycles. The van der Waals surface area contributed by atoms with Crippen molar-refractivity contribution in [2.75, 3.05) is 27.2 Å². The fourth-order valence-electron chi connectivity index (χ4n) is 1.25. The van der Waals surface area contributed by atoms with Gasteiger partial charge in [0.05, 0.1) is 6.20 Å². The summed E-state index contributed by atoms with van der Waals surface area (Å²) in [7, 11) is 5.38. The highest BCUT2D eigenvalue weighted by molar-refractivity contribution is 5.91. The molecule has 0 radical (unpaired) electrons. The molecule has 0 aliphatic rings. The van der Waals surface area contributed by atoms with E-state index >= 15 is 0 Å². The Balaban J connectivity index is 0.00000289. The van der Waals surface area contributed by atoms with Gasteiger partial charge in [-0.1, -0.05) is 0 Å². The van der Waals surface area contributed by atoms with Gasteiger partial charge in [0.25, 0.3) is 11.7 Å². The van der Waals surface area contributed by atoms with E-state index in [-0.39, 0.29) is 30.0 Å². The van der Waals surface area contributed by atoms with Crippen LogP contribution >= 0.6 is 12.4 Å². The average Bonchev–Trinajstić information content (AvgIpc) is 2.59. The van der Waals surface area contributed by atoms with Crippen molar-refractivity contribution in [1.29, 1.82) is 0 Å². The molecule has 1 amide bonds. The number of quaternary nitrogens is 1. The van der Waals surface area contributed by atoms with Crippen LogP contribution in [0.2, 0.25) is 0 Å². The molecule has 18 heavy (non-hydrogen) atoms. The summed E-state index contributed by atoms with van der Waals surface area (Å²) in [5.41, 5.74) is 0. The Morgan fingerprint density at radius 3 is 2.72 bits per heavy atom. The summed E-state index contributed by atoms with van der Waals surface area (Å²) in [5, 5.41) is 20.9. The van der Waals surface area contributed by atoms with E-state index in [1.165, 1.54) is 10.8 Å². The van der Waals surface area contributed by atoms with Gasteiger partial charge in [-0.2, -0.15) is 10.2 Å². The Hall–Kier alpha value is -1.19. The smallest absolute Gasteiger partial charge is 0.287 e. The molecule has 0 spiro atoms. The van der Waals surface area contributed by atoms with Gasteiger partial charge in [-0.25, -0.2) is 5.21 Å². The highest BCUT2D eigenvalue weighted by Crippen LogP contribution is 2.01. The third-order valence-electron chi connectivity index (χ3n) is 2.14. The van der Waals surface area contributed by atoms with Gasteiger partial charge >= 0.3 is 0 Å². The maximum atomic E-state index is 11.7. The molecule has 0 bridgehead atoms. The molecule has 1 unspecified atom stereocenters. The quantitative estimate of drug-likeness (QED) is 0.572. The van der Waals surface area contributed by atoms with Crippen LogP contribution in [0.1, 0.15) is 10.6 Å². The first-order chi connectivity index (χ1) is 7.91. The summed E-state index contributed by atoms with van der Waals surface area (Å²) in [6.45, 7) is 1.20. The molecule has 1 heterocycles. The molecule has 1 rings (SSSR count). The first kappa shape index (κ1) is 16.8. The standard InChI is InChI=1S/C9H17N5O3.ClH/c1-12(2)5-4-10-9(15)8-11-7(14(16)17)6-13(8)3;/h6,14,16H,4-5H2,1-3H3,(H,10,15);1H. The molecule has 1 atom stereocenters. The Kier molecular flexibility index (Phi) is 6.81. The number of amides is 1. The van der Waals surface area contributed by atoms with Crippen LogP contribution in [0.3, 0.4) is 0 Å². The lowest BCUT2D eigenvalue weighted by molar-refractivity contribution is -0.993. The number of rotatable bonds is 5. The lowest BCUT2D eigenvalue weighted by Crippen LogP contribution is -2.99. The fourth-order valence-corrected chi connectivity index (χ4v) is 1.25. The van der Waals surface area contributed by atoms with Gasteiger partial charge in [0, 0.05) is 20.1 Å². The zero-order chi connectivity index (χ0) is 13.0. The SMILES string of the molecule is CN(C)CCNC(=O)c1nc([NH+]([O-])O)cn1C.Cl. The summed E-state index contributed by atoms with van der Waals surface area (Å²) in [4.78, 5) is 17.4. The van der Waals surface area contributed by atoms with Gasteiger partial charge in [0.2, 0.25) is 5.82 Å². The molecule has 0 aliphatic carbocycles. The van der Waals surface area contributed by atoms with Crippen LogP contribution in [-0.2, 0) is 7.05 Å². The van der Waals surface area contributed by atoms with Crippen molar-refractivity contribution in [1.82, 2.24) is 19.8 Å². The monoisotopic (exact) mass is 279 g/mol. The highest BCUT2D eigenvalue weighted by atomic mass is 35.5. The van der Waals surface area contributed by atoms with E-state index in [1.54, 1.807) is 7.05 Å². The molecular weight excluding hydrogens is 262 g/mol. The Morgan fingerprint density at radius 1 is 1.67 bits per heavy atom. The third kappa shape index (κ3) is 4.59. The van der Waals surface area contributed by atoms with Crippen LogP contribution < -0.4 is 10.5 Å². The normalized spacial score (nSPS) is 12.1. The van der Waals surface area contributed by atoms with Crippen LogP contribution in [0.5, 0.6) is 0 Å². The number of hydrogen-bond acceptors (Lipinski definition) is 5. The van der Waals surface area contributed by atoms with Crippen molar-refractivity contribution in [2.24, 2.45) is 7.05 Å². The van der Waals surface area contributed by atoms with Crippen molar-refractivity contribution >= 4 is 24.1 Å². The molecule has 8 nitrogen and oxygen atoms in total. The molecule has 0 fully saturated rings. The first-order valence-electron chi connectivity index (χ1n) is 5.11. The summed E-state index contributed by atoms with van der Waals surface area (Å²) >= 11 is 0. The Labute approximate surface area is 111 Å². The van der Waals surface area contributed by atoms with Crippen molar-refractivity contribution in [3.05, 3.63) is 17.2 Å². The van der Waals surface area contributed by atoms with Gasteiger partial charge < -0.3 is 20.0 Å². The number of likely N-dealkylation sites (N-methyl/N-ethyl adjacent to an activating group) is 1. The van der Waals surface area contributed by atoms with Gasteiger partial charge in [-0.3, -0.25) is 4.79 Å². The lowest BCUT2D eigenvalue weighted by Gasteiger charge is -2.09. The maximum Gasteiger partial charge on any atom is 0.287 e. The van der Waals surface area contributed by atoms with E-state index in [1.807, 2.05) is 19.0 Å². The van der Waals surface area contributed by atoms with Crippen LogP contribution in [0, 0.1) is 5.21 Å². The van der Waals surface area contributed by atoms with Crippen molar-refractivity contribution in [3.8, 4) is 0 Å². The number of nitrogens with zero attached hydrogens (tertiary/aromatic N) is 3. The summed E-state index contributed by atoms with van der Waals surface area (Å²) in [6, 6.07) is 0. The molecular formula is C9H18ClN5O3. The zero-order valence-corrected chi connectivity index (χ0v) is 11.3. The summed E-state index contributed by atoms with van der Waals surface area (Å²) in [5.74, 6) is -0.409. The molecule has 3 N–H and O–H groups in total. The van der Waals surface area contributed by atoms with E-state index in [9.17, 15) is 10.0 Å². The fraction of sp³-hybridized carbons (Fsp3) is 0.556. The van der Waals surface area contributed by atoms with Crippen molar-refractivity contribution in [3.63, 3.8) is 0 Å². The van der Waals surface area contributed by atoms with Crippen molar-refractivity contribution < 1.29 is 15.2 Å². The average molecular weight is 280 g/mol. The van der Waals surface area contributed by atoms with Crippen molar-refractivity contribution in [2.45, 2.75) is 0 Å². The number of nitrogens with one attached hydrogen (secondary N) is 2. The zero-order valence-electron chi connectivity index (χ0n) is 10.5. The van der Waals surface area contributed by atoms with E-state index in [0.29, 0.717) is 13.1 Å². The number of halogens is 1. The Morgan fingerprint density at radius 2 is 2.28 bits per heavy atom. The predicted molar refractivity (Wildman–Crippen MR) is 67.1 cm³/mol. The van der Waals surface area contributed by atoms with E-state index in [2.05, 4.69) is 10.3 Å². The van der Waals surface area contributed by atoms with Gasteiger partial charge in [0.15, 0.2) is 0 Å². The number of carbonyl (C=O) groups is 1. The van der Waals surface area contributed by atoms with Gasteiger partial charge in [0.1, 0.15) is 0 Å². The number of hydrogen-bond donors (Lipinski definition) is 3. The summed E-state index contributed by atoms with van der Waals surface area (Å²) in [6.07, 6.45) is 1.31. The van der Waals surface area contributed by atoms with Gasteiger partial charge in [-0.05, 0) is 14.1 Å². The van der Waals surface area contributed by atoms with E-state index in [0.717, 1.165) is 0 Å². The number of carbonyl (C=O) groups excluding carboxylic acids is 1. The van der Waals surface area contributed by atoms with Crippen LogP contribution in [0.25, 0.3) is 0 Å². The van der Waals surface area contributed by atoms with Crippen LogP contribution in [0.15, 0.2) is 6.20 Å². The summed E-state index contributed by atoms with van der Waals surface area (Å²) < 4.78 is 1.40. The first-order valence-corrected chi connectivity index (χ1v) is 5.11. The second-order valence-corrected chi connectivity index (χ2v) is 3.92. The second-order valence-electron chi connectivity index (χ2n) is 3.92. The number of aryl methyl sites for hydroxylation is 1. The number of aromatic nitrogens is 2. The predicted octanol–water partition coefficient (Wildman–Crippen LogP) is -1.46. The third-order valence-corrected chi connectivity index (χ3v) is 2.14.